The van der Waals surface area contributed by atoms with Crippen molar-refractivity contribution in [3.8, 4) is 0 Å². The van der Waals surface area contributed by atoms with Crippen LogP contribution in [-0.2, 0) is 19.1 Å². The van der Waals surface area contributed by atoms with E-state index in [0.29, 0.717) is 12.8 Å². The molecule has 0 rings (SSSR count). The van der Waals surface area contributed by atoms with Gasteiger partial charge in [0, 0.05) is 6.42 Å². The first-order chi connectivity index (χ1) is 7.74. The van der Waals surface area contributed by atoms with Crippen LogP contribution in [-0.4, -0.2) is 35.9 Å². The summed E-state index contributed by atoms with van der Waals surface area (Å²) >= 11 is 0. The first-order valence-corrected chi connectivity index (χ1v) is 5.71. The number of aliphatic hydroxyl groups excluding tert-OH is 1. The van der Waals surface area contributed by atoms with Gasteiger partial charge in [-0.15, -0.1) is 0 Å². The average Bonchev–Trinajstić information content (AvgIpc) is 2.13. The number of aliphatic hydroxyl groups is 1. The minimum atomic E-state index is -0.769. The third-order valence-electron chi connectivity index (χ3n) is 1.97. The van der Waals surface area contributed by atoms with Crippen LogP contribution in [0.4, 0.5) is 0 Å². The van der Waals surface area contributed by atoms with Crippen LogP contribution in [0.25, 0.3) is 0 Å². The first kappa shape index (κ1) is 15.9. The largest absolute Gasteiger partial charge is 0.469 e. The van der Waals surface area contributed by atoms with Crippen molar-refractivity contribution in [2.45, 2.75) is 58.2 Å². The smallest absolute Gasteiger partial charge is 0.308 e. The molecule has 0 heterocycles. The second-order valence-electron chi connectivity index (χ2n) is 4.91. The highest BCUT2D eigenvalue weighted by molar-refractivity contribution is 5.70. The molecule has 5 heteroatoms. The zero-order chi connectivity index (χ0) is 13.5. The van der Waals surface area contributed by atoms with Gasteiger partial charge in [-0.25, -0.2) is 0 Å². The molecule has 0 aromatic carbocycles. The van der Waals surface area contributed by atoms with Gasteiger partial charge in [0.1, 0.15) is 5.60 Å². The molecule has 0 saturated heterocycles. The summed E-state index contributed by atoms with van der Waals surface area (Å²) in [5.74, 6) is -0.738. The average molecular weight is 246 g/mol. The molecule has 0 amide bonds. The van der Waals surface area contributed by atoms with Crippen molar-refractivity contribution in [3.63, 3.8) is 0 Å². The van der Waals surface area contributed by atoms with Crippen LogP contribution in [0.5, 0.6) is 0 Å². The van der Waals surface area contributed by atoms with Crippen LogP contribution in [0.1, 0.15) is 46.5 Å². The molecule has 0 spiro atoms. The van der Waals surface area contributed by atoms with Crippen molar-refractivity contribution in [2.75, 3.05) is 7.11 Å². The van der Waals surface area contributed by atoms with Crippen molar-refractivity contribution in [3.05, 3.63) is 0 Å². The molecule has 0 bridgehead atoms. The van der Waals surface area contributed by atoms with E-state index >= 15 is 0 Å². The van der Waals surface area contributed by atoms with Gasteiger partial charge in [-0.1, -0.05) is 0 Å². The monoisotopic (exact) mass is 246 g/mol. The molecular weight excluding hydrogens is 224 g/mol. The van der Waals surface area contributed by atoms with Crippen LogP contribution < -0.4 is 0 Å². The van der Waals surface area contributed by atoms with Crippen LogP contribution in [0.3, 0.4) is 0 Å². The summed E-state index contributed by atoms with van der Waals surface area (Å²) in [4.78, 5) is 22.2. The van der Waals surface area contributed by atoms with E-state index in [1.807, 2.05) is 0 Å². The SMILES string of the molecule is COC(=O)CCC[C@@H](O)CC(=O)OC(C)(C)C. The highest BCUT2D eigenvalue weighted by atomic mass is 16.6. The summed E-state index contributed by atoms with van der Waals surface area (Å²) < 4.78 is 9.53. The maximum atomic E-state index is 11.3. The van der Waals surface area contributed by atoms with E-state index in [-0.39, 0.29) is 18.8 Å². The molecule has 0 radical (unpaired) electrons. The van der Waals surface area contributed by atoms with E-state index < -0.39 is 17.7 Å². The number of carbonyl (C=O) groups is 2. The molecule has 0 aromatic rings. The lowest BCUT2D eigenvalue weighted by Gasteiger charge is -2.20. The van der Waals surface area contributed by atoms with E-state index in [4.69, 9.17) is 4.74 Å². The van der Waals surface area contributed by atoms with Gasteiger partial charge in [0.05, 0.1) is 19.6 Å². The summed E-state index contributed by atoms with van der Waals surface area (Å²) in [5.41, 5.74) is -0.539. The number of esters is 2. The van der Waals surface area contributed by atoms with Crippen molar-refractivity contribution >= 4 is 11.9 Å². The molecule has 0 unspecified atom stereocenters. The molecule has 0 fully saturated rings. The number of methoxy groups -OCH3 is 1. The van der Waals surface area contributed by atoms with Crippen LogP contribution in [0, 0.1) is 0 Å². The second-order valence-corrected chi connectivity index (χ2v) is 4.91. The lowest BCUT2D eigenvalue weighted by Crippen LogP contribution is -2.26. The quantitative estimate of drug-likeness (QED) is 0.717. The van der Waals surface area contributed by atoms with Crippen LogP contribution >= 0.6 is 0 Å². The molecule has 17 heavy (non-hydrogen) atoms. The van der Waals surface area contributed by atoms with Crippen molar-refractivity contribution in [2.24, 2.45) is 0 Å². The fourth-order valence-corrected chi connectivity index (χ4v) is 1.26. The van der Waals surface area contributed by atoms with Gasteiger partial charge in [-0.3, -0.25) is 9.59 Å². The summed E-state index contributed by atoms with van der Waals surface area (Å²) in [6, 6.07) is 0. The van der Waals surface area contributed by atoms with E-state index in [1.54, 1.807) is 20.8 Å². The molecular formula is C12H22O5. The Morgan fingerprint density at radius 1 is 1.24 bits per heavy atom. The van der Waals surface area contributed by atoms with Crippen molar-refractivity contribution < 1.29 is 24.2 Å². The Morgan fingerprint density at radius 2 is 1.82 bits per heavy atom. The minimum Gasteiger partial charge on any atom is -0.469 e. The van der Waals surface area contributed by atoms with Crippen molar-refractivity contribution in [1.29, 1.82) is 0 Å². The normalized spacial score (nSPS) is 13.0. The molecule has 1 atom stereocenters. The number of ether oxygens (including phenoxy) is 2. The topological polar surface area (TPSA) is 72.8 Å². The lowest BCUT2D eigenvalue weighted by molar-refractivity contribution is -0.157. The van der Waals surface area contributed by atoms with Gasteiger partial charge < -0.3 is 14.6 Å². The number of rotatable bonds is 6. The van der Waals surface area contributed by atoms with Crippen LogP contribution in [0.15, 0.2) is 0 Å². The van der Waals surface area contributed by atoms with Gasteiger partial charge in [-0.05, 0) is 33.6 Å². The predicted molar refractivity (Wildman–Crippen MR) is 62.3 cm³/mol. The Hall–Kier alpha value is -1.10. The molecule has 5 nitrogen and oxygen atoms in total. The Morgan fingerprint density at radius 3 is 2.29 bits per heavy atom. The zero-order valence-corrected chi connectivity index (χ0v) is 11.0. The maximum absolute atomic E-state index is 11.3. The standard InChI is InChI=1S/C12H22O5/c1-12(2,3)17-11(15)8-9(13)6-5-7-10(14)16-4/h9,13H,5-8H2,1-4H3/t9-/m1/s1. The Balaban J connectivity index is 3.75. The number of hydrogen-bond acceptors (Lipinski definition) is 5. The highest BCUT2D eigenvalue weighted by Gasteiger charge is 2.19. The van der Waals surface area contributed by atoms with Gasteiger partial charge in [0.25, 0.3) is 0 Å². The van der Waals surface area contributed by atoms with E-state index in [9.17, 15) is 14.7 Å². The summed E-state index contributed by atoms with van der Waals surface area (Å²) in [6.07, 6.45) is 0.320. The van der Waals surface area contributed by atoms with Gasteiger partial charge in [-0.2, -0.15) is 0 Å². The third-order valence-corrected chi connectivity index (χ3v) is 1.97. The first-order valence-electron chi connectivity index (χ1n) is 5.71. The molecule has 100 valence electrons. The predicted octanol–water partition coefficient (Wildman–Crippen LogP) is 1.42. The van der Waals surface area contributed by atoms with Crippen LogP contribution in [0.2, 0.25) is 0 Å². The second kappa shape index (κ2) is 7.27. The van der Waals surface area contributed by atoms with Gasteiger partial charge in [0.2, 0.25) is 0 Å². The summed E-state index contributed by atoms with van der Waals surface area (Å²) in [5, 5.41) is 9.55. The Kier molecular flexibility index (Phi) is 6.80. The van der Waals surface area contributed by atoms with Gasteiger partial charge in [0.15, 0.2) is 0 Å². The highest BCUT2D eigenvalue weighted by Crippen LogP contribution is 2.11. The van der Waals surface area contributed by atoms with E-state index in [0.717, 1.165) is 0 Å². The number of carbonyl (C=O) groups excluding carboxylic acids is 2. The van der Waals surface area contributed by atoms with Gasteiger partial charge >= 0.3 is 11.9 Å². The summed E-state index contributed by atoms with van der Waals surface area (Å²) in [7, 11) is 1.32. The Bertz CT molecular complexity index is 254. The molecule has 0 saturated carbocycles. The molecule has 1 N–H and O–H groups in total. The maximum Gasteiger partial charge on any atom is 0.308 e. The van der Waals surface area contributed by atoms with E-state index in [2.05, 4.69) is 4.74 Å². The van der Waals surface area contributed by atoms with E-state index in [1.165, 1.54) is 7.11 Å². The molecule has 0 aliphatic heterocycles. The molecule has 0 aliphatic carbocycles. The summed E-state index contributed by atoms with van der Waals surface area (Å²) in [6.45, 7) is 5.32. The fourth-order valence-electron chi connectivity index (χ4n) is 1.26. The lowest BCUT2D eigenvalue weighted by atomic mass is 10.1. The fraction of sp³-hybridized carbons (Fsp3) is 0.833. The number of hydrogen-bond donors (Lipinski definition) is 1. The molecule has 0 aromatic heterocycles. The molecule has 0 aliphatic rings. The minimum absolute atomic E-state index is 0.0432. The van der Waals surface area contributed by atoms with Crippen molar-refractivity contribution in [1.82, 2.24) is 0 Å². The zero-order valence-electron chi connectivity index (χ0n) is 11.0. The Labute approximate surface area is 102 Å². The third kappa shape index (κ3) is 9.81.